The topological polar surface area (TPSA) is 142 Å². The summed E-state index contributed by atoms with van der Waals surface area (Å²) >= 11 is 0. The van der Waals surface area contributed by atoms with Crippen molar-refractivity contribution in [1.29, 1.82) is 0 Å². The van der Waals surface area contributed by atoms with Crippen LogP contribution in [0.15, 0.2) is 6.33 Å². The minimum atomic E-state index is -2.85. The molecule has 0 spiro atoms. The molecule has 13 heteroatoms. The monoisotopic (exact) mass is 522 g/mol. The van der Waals surface area contributed by atoms with Gasteiger partial charge in [-0.15, -0.1) is 0 Å². The molecule has 3 saturated heterocycles. The highest BCUT2D eigenvalue weighted by atomic mass is 28.5. The predicted octanol–water partition coefficient (Wildman–Crippen LogP) is 3.57. The van der Waals surface area contributed by atoms with Crippen molar-refractivity contribution in [3.05, 3.63) is 6.33 Å². The van der Waals surface area contributed by atoms with Gasteiger partial charge in [0.15, 0.2) is 17.7 Å². The Morgan fingerprint density at radius 1 is 0.971 bits per heavy atom. The minimum absolute atomic E-state index is 0.0752. The molecule has 0 amide bonds. The van der Waals surface area contributed by atoms with Gasteiger partial charge in [-0.3, -0.25) is 4.57 Å². The summed E-state index contributed by atoms with van der Waals surface area (Å²) in [6.45, 7) is 17.8. The molecule has 3 aliphatic rings. The van der Waals surface area contributed by atoms with Crippen molar-refractivity contribution in [2.75, 3.05) is 18.1 Å². The first kappa shape index (κ1) is 25.1. The van der Waals surface area contributed by atoms with Crippen LogP contribution >= 0.6 is 0 Å². The van der Waals surface area contributed by atoms with Crippen LogP contribution in [0.5, 0.6) is 0 Å². The van der Waals surface area contributed by atoms with Crippen LogP contribution in [0.1, 0.15) is 61.6 Å². The highest BCUT2D eigenvalue weighted by molar-refractivity contribution is 6.84. The largest absolute Gasteiger partial charge is 0.414 e. The van der Waals surface area contributed by atoms with Crippen molar-refractivity contribution in [1.82, 2.24) is 19.5 Å². The summed E-state index contributed by atoms with van der Waals surface area (Å²) in [5, 5.41) is 0. The van der Waals surface area contributed by atoms with Crippen molar-refractivity contribution >= 4 is 40.1 Å². The van der Waals surface area contributed by atoms with Crippen LogP contribution in [-0.4, -0.2) is 61.2 Å². The van der Waals surface area contributed by atoms with Crippen molar-refractivity contribution in [3.63, 3.8) is 0 Å². The van der Waals surface area contributed by atoms with Gasteiger partial charge in [-0.2, -0.15) is 9.97 Å². The average molecular weight is 523 g/mol. The number of aromatic nitrogens is 4. The minimum Gasteiger partial charge on any atom is -0.414 e. The van der Waals surface area contributed by atoms with E-state index in [1.807, 2.05) is 0 Å². The van der Waals surface area contributed by atoms with E-state index in [1.54, 1.807) is 10.9 Å². The third kappa shape index (κ3) is 3.43. The van der Waals surface area contributed by atoms with Crippen molar-refractivity contribution in [2.45, 2.75) is 102 Å². The second-order valence-corrected chi connectivity index (χ2v) is 20.0. The highest BCUT2D eigenvalue weighted by Gasteiger charge is 2.73. The molecule has 4 atom stereocenters. The quantitative estimate of drug-likeness (QED) is 0.560. The maximum absolute atomic E-state index is 7.27. The zero-order valence-electron chi connectivity index (χ0n) is 21.8. The summed E-state index contributed by atoms with van der Waals surface area (Å²) < 4.78 is 36.4. The standard InChI is InChI=1S/C22H38N6O5Si2/c1-11(2)34(12(3)4)31-17-16-20(28-10-25-15-18(23)26-21(24)27-19(15)28)30-22(17,9-29-16)32-35(33-34,13(5)6)14(7)8/h10-14,16-17,20H,9H2,1-8H3,(H4,23,24,26,27)/t16?,17-,20-,22-/m1/s1. The summed E-state index contributed by atoms with van der Waals surface area (Å²) in [5.41, 5.74) is 13.7. The number of imidazole rings is 1. The lowest BCUT2D eigenvalue weighted by Gasteiger charge is -2.47. The first-order valence-corrected chi connectivity index (χ1v) is 16.4. The average Bonchev–Trinajstić information content (AvgIpc) is 3.38. The number of rotatable bonds is 5. The molecule has 4 N–H and O–H groups in total. The van der Waals surface area contributed by atoms with E-state index in [-0.39, 0.29) is 40.5 Å². The van der Waals surface area contributed by atoms with Crippen LogP contribution in [-0.2, 0) is 22.4 Å². The van der Waals surface area contributed by atoms with E-state index in [9.17, 15) is 0 Å². The van der Waals surface area contributed by atoms with E-state index in [4.69, 9.17) is 33.9 Å². The maximum Gasteiger partial charge on any atom is 0.337 e. The molecule has 0 aromatic carbocycles. The van der Waals surface area contributed by atoms with Crippen LogP contribution in [0, 0.1) is 0 Å². The smallest absolute Gasteiger partial charge is 0.337 e. The van der Waals surface area contributed by atoms with Crippen LogP contribution in [0.2, 0.25) is 22.2 Å². The molecule has 11 nitrogen and oxygen atoms in total. The first-order chi connectivity index (χ1) is 16.4. The fourth-order valence-corrected chi connectivity index (χ4v) is 17.2. The van der Waals surface area contributed by atoms with Gasteiger partial charge in [-0.1, -0.05) is 55.4 Å². The Kier molecular flexibility index (Phi) is 5.87. The first-order valence-electron chi connectivity index (χ1n) is 12.5. The van der Waals surface area contributed by atoms with E-state index in [1.165, 1.54) is 0 Å². The van der Waals surface area contributed by atoms with E-state index < -0.39 is 41.3 Å². The Labute approximate surface area is 208 Å². The number of anilines is 2. The zero-order chi connectivity index (χ0) is 25.5. The van der Waals surface area contributed by atoms with E-state index in [2.05, 4.69) is 70.3 Å². The summed E-state index contributed by atoms with van der Waals surface area (Å²) in [4.78, 5) is 12.8. The number of fused-ring (bicyclic) bond motifs is 1. The Balaban J connectivity index is 1.65. The molecule has 1 unspecified atom stereocenters. The lowest BCUT2D eigenvalue weighted by molar-refractivity contribution is -0.258. The number of ether oxygens (including phenoxy) is 2. The van der Waals surface area contributed by atoms with Gasteiger partial charge in [-0.25, -0.2) is 4.98 Å². The molecule has 0 aliphatic carbocycles. The fourth-order valence-electron chi connectivity index (χ4n) is 5.94. The molecule has 0 saturated carbocycles. The molecule has 3 aliphatic heterocycles. The summed E-state index contributed by atoms with van der Waals surface area (Å²) in [6.07, 6.45) is 0.205. The Morgan fingerprint density at radius 3 is 2.20 bits per heavy atom. The zero-order valence-corrected chi connectivity index (χ0v) is 23.8. The molecule has 5 rings (SSSR count). The molecule has 2 bridgehead atoms. The number of hydrogen-bond acceptors (Lipinski definition) is 10. The summed E-state index contributed by atoms with van der Waals surface area (Å²) in [6, 6.07) is 0. The lowest BCUT2D eigenvalue weighted by atomic mass is 10.1. The van der Waals surface area contributed by atoms with Gasteiger partial charge in [0.1, 0.15) is 24.3 Å². The highest BCUT2D eigenvalue weighted by Crippen LogP contribution is 2.57. The number of nitrogens with two attached hydrogens (primary N) is 2. The van der Waals surface area contributed by atoms with Crippen molar-refractivity contribution in [3.8, 4) is 0 Å². The molecule has 5 heterocycles. The van der Waals surface area contributed by atoms with Crippen molar-refractivity contribution in [2.24, 2.45) is 0 Å². The molecule has 2 aromatic heterocycles. The van der Waals surface area contributed by atoms with Crippen LogP contribution < -0.4 is 11.5 Å². The second kappa shape index (κ2) is 8.20. The van der Waals surface area contributed by atoms with Gasteiger partial charge in [0.25, 0.3) is 0 Å². The summed E-state index contributed by atoms with van der Waals surface area (Å²) in [7, 11) is -5.63. The van der Waals surface area contributed by atoms with Gasteiger partial charge in [0.05, 0.1) is 6.33 Å². The Morgan fingerprint density at radius 2 is 1.60 bits per heavy atom. The van der Waals surface area contributed by atoms with E-state index in [0.717, 1.165) is 0 Å². The van der Waals surface area contributed by atoms with E-state index in [0.29, 0.717) is 11.2 Å². The van der Waals surface area contributed by atoms with Crippen LogP contribution in [0.3, 0.4) is 0 Å². The fraction of sp³-hybridized carbons (Fsp3) is 0.773. The van der Waals surface area contributed by atoms with E-state index >= 15 is 0 Å². The SMILES string of the molecule is CC(C)[Si]1(C(C)C)O[C@@H]2C3OC[C@@]2(O[C@H]3n2cnc3c(N)nc(N)nc32)O[Si](C(C)C)(C(C)C)O1. The molecule has 3 fully saturated rings. The number of nitrogen functional groups attached to an aromatic ring is 2. The molecular formula is C22H38N6O5Si2. The van der Waals surface area contributed by atoms with Crippen LogP contribution in [0.25, 0.3) is 11.2 Å². The third-order valence-corrected chi connectivity index (χ3v) is 18.0. The molecular weight excluding hydrogens is 484 g/mol. The van der Waals surface area contributed by atoms with Crippen LogP contribution in [0.4, 0.5) is 11.8 Å². The second-order valence-electron chi connectivity index (χ2n) is 11.2. The summed E-state index contributed by atoms with van der Waals surface area (Å²) in [5.74, 6) is -0.776. The number of hydrogen-bond donors (Lipinski definition) is 2. The number of nitrogens with zero attached hydrogens (tertiary/aromatic N) is 4. The Hall–Kier alpha value is -1.62. The van der Waals surface area contributed by atoms with Gasteiger partial charge in [0.2, 0.25) is 11.7 Å². The van der Waals surface area contributed by atoms with Gasteiger partial charge < -0.3 is 33.9 Å². The lowest BCUT2D eigenvalue weighted by Crippen LogP contribution is -2.61. The van der Waals surface area contributed by atoms with Crippen molar-refractivity contribution < 1.29 is 22.4 Å². The maximum atomic E-state index is 7.27. The molecule has 0 radical (unpaired) electrons. The van der Waals surface area contributed by atoms with Gasteiger partial charge >= 0.3 is 17.1 Å². The van der Waals surface area contributed by atoms with Gasteiger partial charge in [0, 0.05) is 0 Å². The Bertz CT molecular complexity index is 1110. The third-order valence-electron chi connectivity index (χ3n) is 7.73. The molecule has 35 heavy (non-hydrogen) atoms. The normalized spacial score (nSPS) is 31.7. The molecule has 194 valence electrons. The molecule has 2 aromatic rings. The predicted molar refractivity (Wildman–Crippen MR) is 136 cm³/mol. The van der Waals surface area contributed by atoms with Gasteiger partial charge in [-0.05, 0) is 22.2 Å².